The fourth-order valence-electron chi connectivity index (χ4n) is 10.9. The minimum Gasteiger partial charge on any atom is -0.310 e. The van der Waals surface area contributed by atoms with E-state index in [1.165, 1.54) is 60.4 Å². The Labute approximate surface area is 399 Å². The molecule has 68 heavy (non-hydrogen) atoms. The first kappa shape index (κ1) is 41.3. The van der Waals surface area contributed by atoms with E-state index < -0.39 is 0 Å². The van der Waals surface area contributed by atoms with Crippen LogP contribution in [0.1, 0.15) is 51.3 Å². The summed E-state index contributed by atoms with van der Waals surface area (Å²) < 4.78 is 2.43. The summed E-state index contributed by atoms with van der Waals surface area (Å²) in [6, 6.07) is 85.1. The SMILES string of the molecule is CC(C)(C)c1ccc(-n2c3ccccc3c3cc(-c4cc(N(c5ccccc5)c5ccc6c(c5)C(C)(C)c5ccccc5-6)ccc4N(c4ccccc4)c4cccc5ccccc45)ccc32)cc1. The van der Waals surface area contributed by atoms with Crippen LogP contribution in [0, 0.1) is 0 Å². The van der Waals surface area contributed by atoms with Crippen molar-refractivity contribution >= 4 is 66.7 Å². The maximum absolute atomic E-state index is 2.45. The summed E-state index contributed by atoms with van der Waals surface area (Å²) in [7, 11) is 0. The third-order valence-electron chi connectivity index (χ3n) is 14.3. The summed E-state index contributed by atoms with van der Waals surface area (Å²) in [4.78, 5) is 4.89. The lowest BCUT2D eigenvalue weighted by atomic mass is 9.82. The molecule has 0 aliphatic heterocycles. The molecule has 1 heterocycles. The Morgan fingerprint density at radius 3 is 1.75 bits per heavy atom. The Morgan fingerprint density at radius 1 is 0.382 bits per heavy atom. The van der Waals surface area contributed by atoms with Crippen LogP contribution in [0.15, 0.2) is 231 Å². The largest absolute Gasteiger partial charge is 0.310 e. The fraction of sp³-hybridized carbons (Fsp3) is 0.108. The minimum absolute atomic E-state index is 0.0687. The van der Waals surface area contributed by atoms with Gasteiger partial charge in [-0.2, -0.15) is 0 Å². The van der Waals surface area contributed by atoms with Crippen molar-refractivity contribution in [1.29, 1.82) is 0 Å². The number of para-hydroxylation sites is 3. The van der Waals surface area contributed by atoms with E-state index in [-0.39, 0.29) is 10.8 Å². The van der Waals surface area contributed by atoms with Gasteiger partial charge in [-0.1, -0.05) is 174 Å². The van der Waals surface area contributed by atoms with Crippen LogP contribution in [0.2, 0.25) is 0 Å². The van der Waals surface area contributed by atoms with Crippen molar-refractivity contribution in [2.24, 2.45) is 0 Å². The lowest BCUT2D eigenvalue weighted by molar-refractivity contribution is 0.590. The van der Waals surface area contributed by atoms with Crippen LogP contribution in [0.5, 0.6) is 0 Å². The molecule has 0 unspecified atom stereocenters. The molecule has 0 saturated carbocycles. The number of aromatic nitrogens is 1. The molecule has 0 radical (unpaired) electrons. The van der Waals surface area contributed by atoms with Gasteiger partial charge in [-0.3, -0.25) is 0 Å². The molecule has 0 bridgehead atoms. The lowest BCUT2D eigenvalue weighted by Crippen LogP contribution is -2.17. The number of hydrogen-bond donors (Lipinski definition) is 0. The highest BCUT2D eigenvalue weighted by molar-refractivity contribution is 6.11. The smallest absolute Gasteiger partial charge is 0.0541 e. The van der Waals surface area contributed by atoms with Gasteiger partial charge < -0.3 is 14.4 Å². The molecule has 1 aromatic heterocycles. The molecule has 3 nitrogen and oxygen atoms in total. The van der Waals surface area contributed by atoms with Gasteiger partial charge in [0, 0.05) is 55.6 Å². The molecule has 0 spiro atoms. The third-order valence-corrected chi connectivity index (χ3v) is 14.3. The van der Waals surface area contributed by atoms with Crippen molar-refractivity contribution in [3.8, 4) is 27.9 Å². The molecule has 12 rings (SSSR count). The van der Waals surface area contributed by atoms with Gasteiger partial charge >= 0.3 is 0 Å². The van der Waals surface area contributed by atoms with E-state index in [2.05, 4.69) is 280 Å². The second-order valence-corrected chi connectivity index (χ2v) is 19.8. The zero-order valence-electron chi connectivity index (χ0n) is 39.3. The maximum Gasteiger partial charge on any atom is 0.0541 e. The summed E-state index contributed by atoms with van der Waals surface area (Å²) >= 11 is 0. The lowest BCUT2D eigenvalue weighted by Gasteiger charge is -2.32. The summed E-state index contributed by atoms with van der Waals surface area (Å²) in [5.41, 5.74) is 19.0. The number of rotatable bonds is 8. The zero-order valence-corrected chi connectivity index (χ0v) is 39.3. The fourth-order valence-corrected chi connectivity index (χ4v) is 10.9. The predicted molar refractivity (Wildman–Crippen MR) is 289 cm³/mol. The van der Waals surface area contributed by atoms with Crippen molar-refractivity contribution < 1.29 is 0 Å². The monoisotopic (exact) mass is 875 g/mol. The quantitative estimate of drug-likeness (QED) is 0.151. The number of hydrogen-bond acceptors (Lipinski definition) is 2. The van der Waals surface area contributed by atoms with Crippen molar-refractivity contribution in [1.82, 2.24) is 4.57 Å². The Hall–Kier alpha value is -8.14. The molecule has 0 saturated heterocycles. The summed E-state index contributed by atoms with van der Waals surface area (Å²) in [6.07, 6.45) is 0. The van der Waals surface area contributed by atoms with E-state index in [1.54, 1.807) is 0 Å². The molecular weight excluding hydrogens is 823 g/mol. The van der Waals surface area contributed by atoms with E-state index in [1.807, 2.05) is 0 Å². The van der Waals surface area contributed by atoms with E-state index in [0.29, 0.717) is 0 Å². The van der Waals surface area contributed by atoms with Gasteiger partial charge in [-0.15, -0.1) is 0 Å². The molecule has 11 aromatic rings. The summed E-state index contributed by atoms with van der Waals surface area (Å²) in [5, 5.41) is 4.83. The second-order valence-electron chi connectivity index (χ2n) is 19.8. The Kier molecular flexibility index (Phi) is 9.74. The number of fused-ring (bicyclic) bond motifs is 7. The Bertz CT molecular complexity index is 3680. The minimum atomic E-state index is -0.142. The van der Waals surface area contributed by atoms with Gasteiger partial charge in [0.25, 0.3) is 0 Å². The van der Waals surface area contributed by atoms with Crippen molar-refractivity contribution in [3.63, 3.8) is 0 Å². The van der Waals surface area contributed by atoms with Crippen LogP contribution < -0.4 is 9.80 Å². The standard InChI is InChI=1S/C65H53N3/c1-64(2,3)46-32-34-49(35-33-46)68-61-29-17-15-27-55(61)57-41-45(31-39-63(57)68)56-42-50(37-40-62(56)67(48-23-10-7-11-24-48)60-30-18-20-44-19-12-13-25-52(44)60)66(47-21-8-6-9-22-47)51-36-38-54-53-26-14-16-28-58(53)65(4,5)59(54)43-51/h6-43H,1-5H3. The highest BCUT2D eigenvalue weighted by atomic mass is 15.2. The van der Waals surface area contributed by atoms with E-state index in [4.69, 9.17) is 0 Å². The molecule has 0 N–H and O–H groups in total. The van der Waals surface area contributed by atoms with Gasteiger partial charge in [0.2, 0.25) is 0 Å². The van der Waals surface area contributed by atoms with Gasteiger partial charge in [0.15, 0.2) is 0 Å². The maximum atomic E-state index is 2.45. The van der Waals surface area contributed by atoms with Crippen LogP contribution in [-0.2, 0) is 10.8 Å². The molecule has 1 aliphatic carbocycles. The molecule has 328 valence electrons. The summed E-state index contributed by atoms with van der Waals surface area (Å²) in [5.74, 6) is 0. The van der Waals surface area contributed by atoms with Crippen LogP contribution >= 0.6 is 0 Å². The normalized spacial score (nSPS) is 12.9. The Balaban J connectivity index is 1.11. The van der Waals surface area contributed by atoms with Crippen LogP contribution in [0.25, 0.3) is 60.5 Å². The molecule has 0 amide bonds. The number of benzene rings is 10. The molecule has 1 aliphatic rings. The predicted octanol–water partition coefficient (Wildman–Crippen LogP) is 18.1. The van der Waals surface area contributed by atoms with E-state index in [9.17, 15) is 0 Å². The highest BCUT2D eigenvalue weighted by Crippen LogP contribution is 2.52. The van der Waals surface area contributed by atoms with E-state index in [0.717, 1.165) is 50.9 Å². The molecule has 10 aromatic carbocycles. The average molecular weight is 876 g/mol. The van der Waals surface area contributed by atoms with Crippen LogP contribution in [-0.4, -0.2) is 4.57 Å². The zero-order chi connectivity index (χ0) is 46.1. The van der Waals surface area contributed by atoms with E-state index >= 15 is 0 Å². The number of nitrogens with zero attached hydrogens (tertiary/aromatic N) is 3. The molecule has 3 heteroatoms. The molecular formula is C65H53N3. The van der Waals surface area contributed by atoms with Crippen molar-refractivity contribution in [2.45, 2.75) is 45.4 Å². The summed E-state index contributed by atoms with van der Waals surface area (Å²) in [6.45, 7) is 11.5. The van der Waals surface area contributed by atoms with Gasteiger partial charge in [0.05, 0.1) is 22.4 Å². The second kappa shape index (κ2) is 16.0. The van der Waals surface area contributed by atoms with Crippen LogP contribution in [0.3, 0.4) is 0 Å². The molecule has 0 atom stereocenters. The van der Waals surface area contributed by atoms with Crippen LogP contribution in [0.4, 0.5) is 34.1 Å². The number of anilines is 6. The third kappa shape index (κ3) is 6.80. The highest BCUT2D eigenvalue weighted by Gasteiger charge is 2.36. The average Bonchev–Trinajstić information content (AvgIpc) is 3.82. The first-order chi connectivity index (χ1) is 33.1. The van der Waals surface area contributed by atoms with Gasteiger partial charge in [0.1, 0.15) is 0 Å². The molecule has 0 fully saturated rings. The first-order valence-corrected chi connectivity index (χ1v) is 23.8. The Morgan fingerprint density at radius 2 is 0.985 bits per heavy atom. The van der Waals surface area contributed by atoms with Crippen molar-refractivity contribution in [3.05, 3.63) is 247 Å². The van der Waals surface area contributed by atoms with Gasteiger partial charge in [-0.05, 0) is 135 Å². The topological polar surface area (TPSA) is 11.4 Å². The van der Waals surface area contributed by atoms with Crippen molar-refractivity contribution in [2.75, 3.05) is 9.80 Å². The first-order valence-electron chi connectivity index (χ1n) is 23.8. The van der Waals surface area contributed by atoms with Gasteiger partial charge in [-0.25, -0.2) is 0 Å².